The summed E-state index contributed by atoms with van der Waals surface area (Å²) in [6.45, 7) is 2.56. The Labute approximate surface area is 112 Å². The molecule has 5 nitrogen and oxygen atoms in total. The molecule has 1 aliphatic heterocycles. The third-order valence-electron chi connectivity index (χ3n) is 3.11. The van der Waals surface area contributed by atoms with E-state index in [1.54, 1.807) is 0 Å². The fourth-order valence-corrected chi connectivity index (χ4v) is 3.45. The van der Waals surface area contributed by atoms with Gasteiger partial charge in [-0.05, 0) is 37.5 Å². The van der Waals surface area contributed by atoms with E-state index in [0.29, 0.717) is 26.1 Å². The van der Waals surface area contributed by atoms with Crippen molar-refractivity contribution >= 4 is 15.7 Å². The third kappa shape index (κ3) is 3.23. The van der Waals surface area contributed by atoms with Crippen molar-refractivity contribution in [1.82, 2.24) is 4.72 Å². The molecule has 19 heavy (non-hydrogen) atoms. The van der Waals surface area contributed by atoms with Crippen molar-refractivity contribution in [1.29, 1.82) is 0 Å². The second-order valence-corrected chi connectivity index (χ2v) is 6.37. The van der Waals surface area contributed by atoms with Crippen LogP contribution in [-0.4, -0.2) is 27.7 Å². The van der Waals surface area contributed by atoms with Crippen LogP contribution in [0.2, 0.25) is 0 Å². The number of benzene rings is 1. The van der Waals surface area contributed by atoms with E-state index in [9.17, 15) is 12.8 Å². The quantitative estimate of drug-likeness (QED) is 0.818. The van der Waals surface area contributed by atoms with Crippen LogP contribution in [0.1, 0.15) is 18.4 Å². The van der Waals surface area contributed by atoms with Crippen molar-refractivity contribution in [3.8, 4) is 0 Å². The molecule has 0 aliphatic carbocycles. The van der Waals surface area contributed by atoms with Gasteiger partial charge in [0.15, 0.2) is 0 Å². The molecule has 0 unspecified atom stereocenters. The molecular formula is C12H17FN2O3S. The highest BCUT2D eigenvalue weighted by molar-refractivity contribution is 7.89. The zero-order chi connectivity index (χ0) is 14.0. The van der Waals surface area contributed by atoms with Crippen LogP contribution in [0.25, 0.3) is 0 Å². The number of anilines is 1. The standard InChI is InChI=1S/C12H17FN2O3S/c1-8-6-10(7-11(14)12(8)13)19(16,17)15-9-2-4-18-5-3-9/h6-7,9,15H,2-5,14H2,1H3. The predicted octanol–water partition coefficient (Wildman–Crippen LogP) is 1.17. The summed E-state index contributed by atoms with van der Waals surface area (Å²) in [5, 5.41) is 0. The molecule has 1 aromatic rings. The number of sulfonamides is 1. The van der Waals surface area contributed by atoms with E-state index in [-0.39, 0.29) is 22.2 Å². The smallest absolute Gasteiger partial charge is 0.240 e. The second kappa shape index (κ2) is 5.44. The number of rotatable bonds is 3. The Balaban J connectivity index is 2.24. The lowest BCUT2D eigenvalue weighted by Crippen LogP contribution is -2.38. The van der Waals surface area contributed by atoms with E-state index in [1.165, 1.54) is 13.0 Å². The first kappa shape index (κ1) is 14.2. The fourth-order valence-electron chi connectivity index (χ4n) is 2.02. The average molecular weight is 288 g/mol. The topological polar surface area (TPSA) is 81.4 Å². The van der Waals surface area contributed by atoms with E-state index in [1.807, 2.05) is 0 Å². The van der Waals surface area contributed by atoms with E-state index in [4.69, 9.17) is 10.5 Å². The largest absolute Gasteiger partial charge is 0.396 e. The molecule has 1 aromatic carbocycles. The molecule has 0 atom stereocenters. The minimum Gasteiger partial charge on any atom is -0.396 e. The number of nitrogen functional groups attached to an aromatic ring is 1. The monoisotopic (exact) mass is 288 g/mol. The van der Waals surface area contributed by atoms with Crippen molar-refractivity contribution in [2.45, 2.75) is 30.7 Å². The molecule has 1 heterocycles. The maximum absolute atomic E-state index is 13.4. The van der Waals surface area contributed by atoms with Gasteiger partial charge in [0.05, 0.1) is 10.6 Å². The molecule has 0 bridgehead atoms. The second-order valence-electron chi connectivity index (χ2n) is 4.65. The lowest BCUT2D eigenvalue weighted by Gasteiger charge is -2.23. The fraction of sp³-hybridized carbons (Fsp3) is 0.500. The number of ether oxygens (including phenoxy) is 1. The SMILES string of the molecule is Cc1cc(S(=O)(=O)NC2CCOCC2)cc(N)c1F. The van der Waals surface area contributed by atoms with Gasteiger partial charge in [-0.15, -0.1) is 0 Å². The summed E-state index contributed by atoms with van der Waals surface area (Å²) >= 11 is 0. The van der Waals surface area contributed by atoms with Crippen LogP contribution in [-0.2, 0) is 14.8 Å². The lowest BCUT2D eigenvalue weighted by molar-refractivity contribution is 0.0832. The Morgan fingerprint density at radius 3 is 2.58 bits per heavy atom. The van der Waals surface area contributed by atoms with Crippen molar-refractivity contribution in [2.75, 3.05) is 18.9 Å². The number of nitrogens with two attached hydrogens (primary N) is 1. The van der Waals surface area contributed by atoms with E-state index in [0.717, 1.165) is 6.07 Å². The maximum atomic E-state index is 13.4. The molecule has 0 aromatic heterocycles. The summed E-state index contributed by atoms with van der Waals surface area (Å²) in [6.07, 6.45) is 1.27. The molecule has 0 amide bonds. The average Bonchev–Trinajstić information content (AvgIpc) is 2.36. The Hall–Kier alpha value is -1.18. The van der Waals surface area contributed by atoms with Crippen LogP contribution in [0.4, 0.5) is 10.1 Å². The van der Waals surface area contributed by atoms with Gasteiger partial charge in [-0.1, -0.05) is 0 Å². The molecule has 0 spiro atoms. The van der Waals surface area contributed by atoms with E-state index in [2.05, 4.69) is 4.72 Å². The number of aryl methyl sites for hydroxylation is 1. The molecule has 106 valence electrons. The Morgan fingerprint density at radius 1 is 1.37 bits per heavy atom. The summed E-state index contributed by atoms with van der Waals surface area (Å²) in [4.78, 5) is -0.00427. The Bertz CT molecular complexity index is 545. The molecule has 2 rings (SSSR count). The Morgan fingerprint density at radius 2 is 2.00 bits per heavy atom. The first-order chi connectivity index (χ1) is 8.90. The van der Waals surface area contributed by atoms with Gasteiger partial charge in [0.1, 0.15) is 5.82 Å². The lowest BCUT2D eigenvalue weighted by atomic mass is 10.1. The van der Waals surface area contributed by atoms with Crippen LogP contribution >= 0.6 is 0 Å². The highest BCUT2D eigenvalue weighted by Crippen LogP contribution is 2.21. The molecule has 1 fully saturated rings. The molecule has 0 saturated carbocycles. The molecule has 3 N–H and O–H groups in total. The number of halogens is 1. The molecule has 1 saturated heterocycles. The Kier molecular flexibility index (Phi) is 4.07. The van der Waals surface area contributed by atoms with Crippen LogP contribution in [0, 0.1) is 12.7 Å². The van der Waals surface area contributed by atoms with Gasteiger partial charge in [-0.2, -0.15) is 0 Å². The van der Waals surface area contributed by atoms with Gasteiger partial charge >= 0.3 is 0 Å². The van der Waals surface area contributed by atoms with Gasteiger partial charge < -0.3 is 10.5 Å². The number of hydrogen-bond acceptors (Lipinski definition) is 4. The molecule has 1 aliphatic rings. The van der Waals surface area contributed by atoms with Gasteiger partial charge in [-0.3, -0.25) is 0 Å². The zero-order valence-electron chi connectivity index (χ0n) is 10.6. The minimum absolute atomic E-state index is 0.00427. The van der Waals surface area contributed by atoms with Gasteiger partial charge in [0.2, 0.25) is 10.0 Å². The molecule has 7 heteroatoms. The van der Waals surface area contributed by atoms with Crippen LogP contribution in [0.5, 0.6) is 0 Å². The van der Waals surface area contributed by atoms with Crippen molar-refractivity contribution in [2.24, 2.45) is 0 Å². The zero-order valence-corrected chi connectivity index (χ0v) is 11.5. The summed E-state index contributed by atoms with van der Waals surface area (Å²) < 4.78 is 45.5. The first-order valence-electron chi connectivity index (χ1n) is 6.06. The summed E-state index contributed by atoms with van der Waals surface area (Å²) in [7, 11) is -3.67. The van der Waals surface area contributed by atoms with Crippen molar-refractivity contribution in [3.05, 3.63) is 23.5 Å². The highest BCUT2D eigenvalue weighted by Gasteiger charge is 2.23. The van der Waals surface area contributed by atoms with E-state index < -0.39 is 15.8 Å². The van der Waals surface area contributed by atoms with Gasteiger partial charge in [0, 0.05) is 19.3 Å². The van der Waals surface area contributed by atoms with Gasteiger partial charge in [-0.25, -0.2) is 17.5 Å². The van der Waals surface area contributed by atoms with Gasteiger partial charge in [0.25, 0.3) is 0 Å². The summed E-state index contributed by atoms with van der Waals surface area (Å²) in [6, 6.07) is 2.28. The number of nitrogens with one attached hydrogen (secondary N) is 1. The van der Waals surface area contributed by atoms with Crippen molar-refractivity contribution in [3.63, 3.8) is 0 Å². The minimum atomic E-state index is -3.67. The molecule has 0 radical (unpaired) electrons. The highest BCUT2D eigenvalue weighted by atomic mass is 32.2. The summed E-state index contributed by atoms with van der Waals surface area (Å²) in [5.74, 6) is -0.579. The van der Waals surface area contributed by atoms with E-state index >= 15 is 0 Å². The number of hydrogen-bond donors (Lipinski definition) is 2. The van der Waals surface area contributed by atoms with Crippen LogP contribution in [0.3, 0.4) is 0 Å². The third-order valence-corrected chi connectivity index (χ3v) is 4.61. The predicted molar refractivity (Wildman–Crippen MR) is 69.7 cm³/mol. The van der Waals surface area contributed by atoms with Crippen LogP contribution in [0.15, 0.2) is 17.0 Å². The van der Waals surface area contributed by atoms with Crippen LogP contribution < -0.4 is 10.5 Å². The van der Waals surface area contributed by atoms with Crippen molar-refractivity contribution < 1.29 is 17.5 Å². The normalized spacial score (nSPS) is 17.6. The maximum Gasteiger partial charge on any atom is 0.240 e. The molecular weight excluding hydrogens is 271 g/mol. The first-order valence-corrected chi connectivity index (χ1v) is 7.54. The summed E-state index contributed by atoms with van der Waals surface area (Å²) in [5.41, 5.74) is 5.52.